The van der Waals surface area contributed by atoms with Gasteiger partial charge in [-0.3, -0.25) is 9.59 Å². The number of para-hydroxylation sites is 2. The number of ketones is 2. The number of H-pyrrole nitrogens is 1. The van der Waals surface area contributed by atoms with E-state index < -0.39 is 11.7 Å². The van der Waals surface area contributed by atoms with Crippen molar-refractivity contribution in [2.24, 2.45) is 0 Å². The average Bonchev–Trinajstić information content (AvgIpc) is 3.12. The molecule has 5 nitrogen and oxygen atoms in total. The molecule has 0 bridgehead atoms. The number of rotatable bonds is 5. The predicted octanol–water partition coefficient (Wildman–Crippen LogP) is 4.12. The number of fused-ring (bicyclic) bond motifs is 1. The maximum atomic E-state index is 13.2. The molecule has 0 fully saturated rings. The van der Waals surface area contributed by atoms with Gasteiger partial charge < -0.3 is 10.1 Å². The van der Waals surface area contributed by atoms with Crippen LogP contribution in [-0.4, -0.2) is 26.6 Å². The number of carbonyl (C=O) groups is 2. The molecule has 1 aromatic heterocycles. The van der Waals surface area contributed by atoms with Gasteiger partial charge in [-0.1, -0.05) is 54.6 Å². The molecular weight excluding hydrogens is 340 g/mol. The van der Waals surface area contributed by atoms with Crippen molar-refractivity contribution in [3.63, 3.8) is 0 Å². The van der Waals surface area contributed by atoms with Crippen molar-refractivity contribution in [2.45, 2.75) is 5.92 Å². The van der Waals surface area contributed by atoms with Crippen LogP contribution in [0.3, 0.4) is 0 Å². The van der Waals surface area contributed by atoms with Crippen LogP contribution in [-0.2, 0) is 0 Å². The third kappa shape index (κ3) is 3.22. The second-order valence-electron chi connectivity index (χ2n) is 6.22. The lowest BCUT2D eigenvalue weighted by molar-refractivity contribution is 0.0856. The monoisotopic (exact) mass is 356 g/mol. The van der Waals surface area contributed by atoms with Crippen molar-refractivity contribution >= 4 is 22.6 Å². The molecule has 1 unspecified atom stereocenters. The van der Waals surface area contributed by atoms with E-state index in [4.69, 9.17) is 0 Å². The molecule has 0 aliphatic rings. The van der Waals surface area contributed by atoms with Crippen molar-refractivity contribution in [1.82, 2.24) is 9.97 Å². The summed E-state index contributed by atoms with van der Waals surface area (Å²) in [5.41, 5.74) is 2.12. The van der Waals surface area contributed by atoms with Crippen LogP contribution in [0, 0.1) is 0 Å². The number of Topliss-reactive ketones (excluding diaryl/α,β-unsaturated/α-hetero) is 2. The Balaban J connectivity index is 1.84. The first kappa shape index (κ1) is 16.7. The van der Waals surface area contributed by atoms with Crippen molar-refractivity contribution in [2.75, 3.05) is 0 Å². The predicted molar refractivity (Wildman–Crippen MR) is 102 cm³/mol. The topological polar surface area (TPSA) is 83.1 Å². The van der Waals surface area contributed by atoms with E-state index in [1.165, 1.54) is 12.1 Å². The second-order valence-corrected chi connectivity index (χ2v) is 6.22. The quantitative estimate of drug-likeness (QED) is 0.416. The SMILES string of the molecule is O=C(c1ccccc1)C(C(=O)c1cccc(O)c1)c1nc2ccccc2[nH]1. The molecule has 27 heavy (non-hydrogen) atoms. The lowest BCUT2D eigenvalue weighted by Crippen LogP contribution is -2.23. The van der Waals surface area contributed by atoms with Gasteiger partial charge in [-0.25, -0.2) is 4.98 Å². The van der Waals surface area contributed by atoms with Gasteiger partial charge in [-0.2, -0.15) is 0 Å². The van der Waals surface area contributed by atoms with E-state index in [2.05, 4.69) is 9.97 Å². The number of phenolic OH excluding ortho intramolecular Hbond substituents is 1. The Labute approximate surface area is 155 Å². The van der Waals surface area contributed by atoms with Gasteiger partial charge in [0.25, 0.3) is 0 Å². The Hall–Kier alpha value is -3.73. The maximum absolute atomic E-state index is 13.2. The average molecular weight is 356 g/mol. The van der Waals surface area contributed by atoms with Crippen LogP contribution in [0.15, 0.2) is 78.9 Å². The molecule has 4 aromatic rings. The zero-order valence-electron chi connectivity index (χ0n) is 14.3. The molecule has 0 radical (unpaired) electrons. The van der Waals surface area contributed by atoms with Gasteiger partial charge in [-0.15, -0.1) is 0 Å². The number of hydrogen-bond donors (Lipinski definition) is 2. The van der Waals surface area contributed by atoms with Crippen LogP contribution in [0.4, 0.5) is 0 Å². The minimum atomic E-state index is -1.12. The molecule has 1 atom stereocenters. The normalized spacial score (nSPS) is 12.0. The Kier molecular flexibility index (Phi) is 4.26. The number of carbonyl (C=O) groups excluding carboxylic acids is 2. The number of imidazole rings is 1. The fraction of sp³-hybridized carbons (Fsp3) is 0.0455. The lowest BCUT2D eigenvalue weighted by Gasteiger charge is -2.13. The molecule has 0 aliphatic heterocycles. The minimum absolute atomic E-state index is 0.0311. The van der Waals surface area contributed by atoms with Gasteiger partial charge >= 0.3 is 0 Å². The second kappa shape index (κ2) is 6.88. The van der Waals surface area contributed by atoms with Gasteiger partial charge in [0.2, 0.25) is 0 Å². The summed E-state index contributed by atoms with van der Waals surface area (Å²) in [6, 6.07) is 22.0. The zero-order chi connectivity index (χ0) is 18.8. The van der Waals surface area contributed by atoms with Crippen LogP contribution >= 0.6 is 0 Å². The number of phenols is 1. The van der Waals surface area contributed by atoms with Gasteiger partial charge in [-0.05, 0) is 24.3 Å². The fourth-order valence-electron chi connectivity index (χ4n) is 3.07. The molecule has 3 aromatic carbocycles. The molecule has 0 saturated heterocycles. The van der Waals surface area contributed by atoms with Crippen LogP contribution in [0.2, 0.25) is 0 Å². The highest BCUT2D eigenvalue weighted by molar-refractivity contribution is 6.19. The van der Waals surface area contributed by atoms with E-state index in [0.717, 1.165) is 5.52 Å². The fourth-order valence-corrected chi connectivity index (χ4v) is 3.07. The van der Waals surface area contributed by atoms with Gasteiger partial charge in [0, 0.05) is 11.1 Å². The highest BCUT2D eigenvalue weighted by Gasteiger charge is 2.33. The molecule has 0 spiro atoms. The highest BCUT2D eigenvalue weighted by Crippen LogP contribution is 2.27. The molecule has 0 aliphatic carbocycles. The summed E-state index contributed by atoms with van der Waals surface area (Å²) in [7, 11) is 0. The Bertz CT molecular complexity index is 1100. The Morgan fingerprint density at radius 3 is 2.22 bits per heavy atom. The maximum Gasteiger partial charge on any atom is 0.181 e. The van der Waals surface area contributed by atoms with Gasteiger partial charge in [0.05, 0.1) is 11.0 Å². The molecule has 0 amide bonds. The molecule has 5 heteroatoms. The summed E-state index contributed by atoms with van der Waals surface area (Å²) >= 11 is 0. The van der Waals surface area contributed by atoms with E-state index in [1.54, 1.807) is 36.4 Å². The summed E-state index contributed by atoms with van der Waals surface area (Å²) < 4.78 is 0. The van der Waals surface area contributed by atoms with E-state index in [-0.39, 0.29) is 17.1 Å². The highest BCUT2D eigenvalue weighted by atomic mass is 16.3. The van der Waals surface area contributed by atoms with Crippen LogP contribution < -0.4 is 0 Å². The van der Waals surface area contributed by atoms with E-state index in [1.807, 2.05) is 30.3 Å². The van der Waals surface area contributed by atoms with Crippen molar-refractivity contribution in [3.05, 3.63) is 95.8 Å². The standard InChI is InChI=1S/C22H16N2O3/c25-16-10-6-9-15(13-16)21(27)19(20(26)14-7-2-1-3-8-14)22-23-17-11-4-5-12-18(17)24-22/h1-13,19,25H,(H,23,24). The number of aromatic nitrogens is 2. The third-order valence-corrected chi connectivity index (χ3v) is 4.39. The van der Waals surface area contributed by atoms with Crippen molar-refractivity contribution < 1.29 is 14.7 Å². The molecule has 0 saturated carbocycles. The number of hydrogen-bond acceptors (Lipinski definition) is 4. The van der Waals surface area contributed by atoms with E-state index in [0.29, 0.717) is 16.9 Å². The molecular formula is C22H16N2O3. The minimum Gasteiger partial charge on any atom is -0.508 e. The van der Waals surface area contributed by atoms with Crippen LogP contribution in [0.25, 0.3) is 11.0 Å². The molecule has 1 heterocycles. The van der Waals surface area contributed by atoms with Crippen LogP contribution in [0.5, 0.6) is 5.75 Å². The summed E-state index contributed by atoms with van der Waals surface area (Å²) in [5, 5.41) is 9.72. The van der Waals surface area contributed by atoms with E-state index in [9.17, 15) is 14.7 Å². The van der Waals surface area contributed by atoms with Crippen LogP contribution in [0.1, 0.15) is 32.5 Å². The summed E-state index contributed by atoms with van der Waals surface area (Å²) in [6.07, 6.45) is 0. The molecule has 2 N–H and O–H groups in total. The van der Waals surface area contributed by atoms with Crippen molar-refractivity contribution in [3.8, 4) is 5.75 Å². The summed E-state index contributed by atoms with van der Waals surface area (Å²) in [5.74, 6) is -1.63. The summed E-state index contributed by atoms with van der Waals surface area (Å²) in [4.78, 5) is 33.9. The van der Waals surface area contributed by atoms with Gasteiger partial charge in [0.1, 0.15) is 17.5 Å². The number of nitrogens with zero attached hydrogens (tertiary/aromatic N) is 1. The summed E-state index contributed by atoms with van der Waals surface area (Å²) in [6.45, 7) is 0. The third-order valence-electron chi connectivity index (χ3n) is 4.39. The number of benzene rings is 3. The number of aromatic amines is 1. The largest absolute Gasteiger partial charge is 0.508 e. The first-order valence-corrected chi connectivity index (χ1v) is 8.50. The lowest BCUT2D eigenvalue weighted by atomic mass is 9.89. The molecule has 4 rings (SSSR count). The zero-order valence-corrected chi connectivity index (χ0v) is 14.3. The first-order chi connectivity index (χ1) is 13.1. The number of nitrogens with one attached hydrogen (secondary N) is 1. The Morgan fingerprint density at radius 1 is 0.815 bits per heavy atom. The van der Waals surface area contributed by atoms with Crippen molar-refractivity contribution in [1.29, 1.82) is 0 Å². The molecule has 132 valence electrons. The first-order valence-electron chi connectivity index (χ1n) is 8.50. The smallest absolute Gasteiger partial charge is 0.181 e. The Morgan fingerprint density at radius 2 is 1.48 bits per heavy atom. The van der Waals surface area contributed by atoms with Gasteiger partial charge in [0.15, 0.2) is 11.6 Å². The number of aromatic hydroxyl groups is 1. The van der Waals surface area contributed by atoms with E-state index >= 15 is 0 Å².